The highest BCUT2D eigenvalue weighted by molar-refractivity contribution is 5.17. The molecule has 2 nitrogen and oxygen atoms in total. The third kappa shape index (κ3) is 2.55. The van der Waals surface area contributed by atoms with Crippen molar-refractivity contribution in [1.29, 1.82) is 0 Å². The van der Waals surface area contributed by atoms with Gasteiger partial charge in [0.05, 0.1) is 6.10 Å². The minimum Gasteiger partial charge on any atom is -0.391 e. The summed E-state index contributed by atoms with van der Waals surface area (Å²) in [7, 11) is 2.01. The summed E-state index contributed by atoms with van der Waals surface area (Å²) in [5.74, 6) is 0.0725. The lowest BCUT2D eigenvalue weighted by Crippen LogP contribution is -2.19. The molecule has 0 unspecified atom stereocenters. The fourth-order valence-corrected chi connectivity index (χ4v) is 2.19. The SMILES string of the molecule is CN1C[C@H](Cc2ccc(F)cc2)[C@@H](O)C1. The van der Waals surface area contributed by atoms with E-state index in [2.05, 4.69) is 4.90 Å². The van der Waals surface area contributed by atoms with Crippen molar-refractivity contribution >= 4 is 0 Å². The summed E-state index contributed by atoms with van der Waals surface area (Å²) in [6, 6.07) is 6.53. The molecule has 1 aliphatic rings. The van der Waals surface area contributed by atoms with Gasteiger partial charge in [-0.15, -0.1) is 0 Å². The summed E-state index contributed by atoms with van der Waals surface area (Å²) in [6.45, 7) is 1.66. The smallest absolute Gasteiger partial charge is 0.123 e. The molecule has 3 heteroatoms. The minimum atomic E-state index is -0.250. The maximum Gasteiger partial charge on any atom is 0.123 e. The first-order valence-electron chi connectivity index (χ1n) is 5.26. The van der Waals surface area contributed by atoms with Crippen molar-refractivity contribution in [2.45, 2.75) is 12.5 Å². The average Bonchev–Trinajstić information content (AvgIpc) is 2.49. The molecule has 2 rings (SSSR count). The molecule has 0 aliphatic carbocycles. The minimum absolute atomic E-state index is 0.206. The van der Waals surface area contributed by atoms with Crippen LogP contribution >= 0.6 is 0 Å². The van der Waals surface area contributed by atoms with Crippen LogP contribution in [0.2, 0.25) is 0 Å². The lowest BCUT2D eigenvalue weighted by atomic mass is 9.97. The molecule has 1 N–H and O–H groups in total. The van der Waals surface area contributed by atoms with Gasteiger partial charge in [0.15, 0.2) is 0 Å². The van der Waals surface area contributed by atoms with Crippen LogP contribution in [-0.4, -0.2) is 36.2 Å². The predicted molar refractivity (Wildman–Crippen MR) is 57.1 cm³/mol. The molecule has 1 heterocycles. The van der Waals surface area contributed by atoms with Crippen molar-refractivity contribution in [1.82, 2.24) is 4.90 Å². The molecule has 1 fully saturated rings. The van der Waals surface area contributed by atoms with Crippen molar-refractivity contribution < 1.29 is 9.50 Å². The summed E-state index contributed by atoms with van der Waals surface area (Å²) in [4.78, 5) is 2.12. The van der Waals surface area contributed by atoms with Crippen LogP contribution in [0, 0.1) is 11.7 Å². The van der Waals surface area contributed by atoms with Gasteiger partial charge < -0.3 is 10.0 Å². The standard InChI is InChI=1S/C12H16FNO/c1-14-7-10(12(15)8-14)6-9-2-4-11(13)5-3-9/h2-5,10,12,15H,6-8H2,1H3/t10-,12-/m0/s1. The first-order valence-corrected chi connectivity index (χ1v) is 5.26. The Labute approximate surface area is 89.3 Å². The Hall–Kier alpha value is -0.930. The van der Waals surface area contributed by atoms with Crippen LogP contribution in [0.25, 0.3) is 0 Å². The molecule has 15 heavy (non-hydrogen) atoms. The molecule has 0 aromatic heterocycles. The molecular weight excluding hydrogens is 193 g/mol. The number of nitrogens with zero attached hydrogens (tertiary/aromatic N) is 1. The second-order valence-electron chi connectivity index (χ2n) is 4.38. The number of benzene rings is 1. The van der Waals surface area contributed by atoms with Crippen LogP contribution in [0.4, 0.5) is 4.39 Å². The molecule has 1 saturated heterocycles. The zero-order chi connectivity index (χ0) is 10.8. The molecule has 2 atom stereocenters. The molecule has 82 valence electrons. The van der Waals surface area contributed by atoms with E-state index < -0.39 is 0 Å². The van der Waals surface area contributed by atoms with E-state index >= 15 is 0 Å². The molecule has 0 radical (unpaired) electrons. The van der Waals surface area contributed by atoms with Crippen LogP contribution in [0.5, 0.6) is 0 Å². The lowest BCUT2D eigenvalue weighted by Gasteiger charge is -2.13. The highest BCUT2D eigenvalue weighted by Gasteiger charge is 2.28. The van der Waals surface area contributed by atoms with Crippen LogP contribution in [0.3, 0.4) is 0 Å². The van der Waals surface area contributed by atoms with Gasteiger partial charge in [-0.05, 0) is 31.2 Å². The van der Waals surface area contributed by atoms with Crippen molar-refractivity contribution in [3.63, 3.8) is 0 Å². The molecule has 0 amide bonds. The Morgan fingerprint density at radius 1 is 1.33 bits per heavy atom. The molecule has 1 aromatic carbocycles. The van der Waals surface area contributed by atoms with Crippen molar-refractivity contribution in [3.05, 3.63) is 35.6 Å². The van der Waals surface area contributed by atoms with E-state index in [1.165, 1.54) is 12.1 Å². The van der Waals surface area contributed by atoms with E-state index in [4.69, 9.17) is 0 Å². The maximum absolute atomic E-state index is 12.7. The fourth-order valence-electron chi connectivity index (χ4n) is 2.19. The third-order valence-corrected chi connectivity index (χ3v) is 3.00. The van der Waals surface area contributed by atoms with Gasteiger partial charge in [0, 0.05) is 19.0 Å². The van der Waals surface area contributed by atoms with Crippen molar-refractivity contribution in [3.8, 4) is 0 Å². The van der Waals surface area contributed by atoms with Gasteiger partial charge in [-0.3, -0.25) is 0 Å². The monoisotopic (exact) mass is 209 g/mol. The average molecular weight is 209 g/mol. The Kier molecular flexibility index (Phi) is 3.03. The molecular formula is C12H16FNO. The summed E-state index contributed by atoms with van der Waals surface area (Å²) < 4.78 is 12.7. The Bertz CT molecular complexity index is 325. The summed E-state index contributed by atoms with van der Waals surface area (Å²) >= 11 is 0. The highest BCUT2D eigenvalue weighted by Crippen LogP contribution is 2.20. The number of aliphatic hydroxyl groups excluding tert-OH is 1. The van der Waals surface area contributed by atoms with Gasteiger partial charge in [0.2, 0.25) is 0 Å². The van der Waals surface area contributed by atoms with Crippen LogP contribution in [0.1, 0.15) is 5.56 Å². The van der Waals surface area contributed by atoms with Gasteiger partial charge >= 0.3 is 0 Å². The number of likely N-dealkylation sites (N-methyl/N-ethyl adjacent to an activating group) is 1. The number of hydrogen-bond acceptors (Lipinski definition) is 2. The number of rotatable bonds is 2. The normalized spacial score (nSPS) is 27.1. The van der Waals surface area contributed by atoms with Gasteiger partial charge in [-0.25, -0.2) is 4.39 Å². The van der Waals surface area contributed by atoms with Crippen molar-refractivity contribution in [2.24, 2.45) is 5.92 Å². The van der Waals surface area contributed by atoms with E-state index in [-0.39, 0.29) is 17.8 Å². The Morgan fingerprint density at radius 3 is 2.53 bits per heavy atom. The zero-order valence-corrected chi connectivity index (χ0v) is 8.86. The van der Waals surface area contributed by atoms with Gasteiger partial charge in [0.25, 0.3) is 0 Å². The highest BCUT2D eigenvalue weighted by atomic mass is 19.1. The van der Waals surface area contributed by atoms with E-state index in [1.807, 2.05) is 7.05 Å². The third-order valence-electron chi connectivity index (χ3n) is 3.00. The first-order chi connectivity index (χ1) is 7.15. The second kappa shape index (κ2) is 4.29. The largest absolute Gasteiger partial charge is 0.391 e. The molecule has 1 aromatic rings. The second-order valence-corrected chi connectivity index (χ2v) is 4.38. The maximum atomic E-state index is 12.7. The topological polar surface area (TPSA) is 23.5 Å². The van der Waals surface area contributed by atoms with Gasteiger partial charge in [0.1, 0.15) is 5.82 Å². The Morgan fingerprint density at radius 2 is 2.00 bits per heavy atom. The van der Waals surface area contributed by atoms with E-state index in [0.29, 0.717) is 0 Å². The van der Waals surface area contributed by atoms with E-state index in [9.17, 15) is 9.50 Å². The van der Waals surface area contributed by atoms with Gasteiger partial charge in [-0.1, -0.05) is 12.1 Å². The zero-order valence-electron chi connectivity index (χ0n) is 8.86. The van der Waals surface area contributed by atoms with E-state index in [1.54, 1.807) is 12.1 Å². The quantitative estimate of drug-likeness (QED) is 0.793. The molecule has 0 bridgehead atoms. The van der Waals surface area contributed by atoms with Crippen molar-refractivity contribution in [2.75, 3.05) is 20.1 Å². The number of hydrogen-bond donors (Lipinski definition) is 1. The molecule has 1 aliphatic heterocycles. The predicted octanol–water partition coefficient (Wildman–Crippen LogP) is 1.29. The van der Waals surface area contributed by atoms with Crippen LogP contribution in [-0.2, 0) is 6.42 Å². The number of halogens is 1. The van der Waals surface area contributed by atoms with Crippen LogP contribution in [0.15, 0.2) is 24.3 Å². The molecule has 0 saturated carbocycles. The number of aliphatic hydroxyl groups is 1. The fraction of sp³-hybridized carbons (Fsp3) is 0.500. The van der Waals surface area contributed by atoms with Gasteiger partial charge in [-0.2, -0.15) is 0 Å². The summed E-state index contributed by atoms with van der Waals surface area (Å²) in [5.41, 5.74) is 1.09. The number of likely N-dealkylation sites (tertiary alicyclic amines) is 1. The lowest BCUT2D eigenvalue weighted by molar-refractivity contribution is 0.143. The summed E-state index contributed by atoms with van der Waals surface area (Å²) in [6.07, 6.45) is 0.575. The van der Waals surface area contributed by atoms with Crippen LogP contribution < -0.4 is 0 Å². The Balaban J connectivity index is 2.00. The summed E-state index contributed by atoms with van der Waals surface area (Å²) in [5, 5.41) is 9.76. The van der Waals surface area contributed by atoms with E-state index in [0.717, 1.165) is 25.1 Å². The molecule has 0 spiro atoms. The number of β-amino-alcohol motifs (C(OH)–C–C–N with tert-alkyl or cyclic N) is 1. The first kappa shape index (κ1) is 10.6.